The maximum atomic E-state index is 7.25. The molecule has 0 radical (unpaired) electrons. The molecule has 0 N–H and O–H groups in total. The molecule has 1 aromatic carbocycles. The van der Waals surface area contributed by atoms with E-state index in [1.165, 1.54) is 36.9 Å². The molecule has 3 heteroatoms. The molecule has 0 aliphatic carbocycles. The number of rotatable bonds is 2. The maximum absolute atomic E-state index is 7.25. The minimum atomic E-state index is -2.31. The fourth-order valence-corrected chi connectivity index (χ4v) is 8.44. The van der Waals surface area contributed by atoms with Crippen LogP contribution >= 0.6 is 17.3 Å². The van der Waals surface area contributed by atoms with E-state index in [-0.39, 0.29) is 0 Å². The molecule has 0 bridgehead atoms. The second-order valence-electron chi connectivity index (χ2n) is 5.01. The van der Waals surface area contributed by atoms with E-state index in [0.717, 1.165) is 0 Å². The molecule has 1 fully saturated rings. The van der Waals surface area contributed by atoms with E-state index in [4.69, 9.17) is 11.2 Å². The van der Waals surface area contributed by atoms with Gasteiger partial charge in [-0.25, -0.2) is 0 Å². The van der Waals surface area contributed by atoms with Crippen LogP contribution in [-0.2, 0) is 0 Å². The van der Waals surface area contributed by atoms with Crippen LogP contribution in [0.15, 0.2) is 30.3 Å². The number of halogens is 1. The van der Waals surface area contributed by atoms with Crippen molar-refractivity contribution in [3.05, 3.63) is 30.3 Å². The van der Waals surface area contributed by atoms with Crippen LogP contribution in [0.1, 0.15) is 19.3 Å². The first-order chi connectivity index (χ1) is 7.57. The van der Waals surface area contributed by atoms with E-state index in [1.54, 1.807) is 0 Å². The molecule has 1 aromatic rings. The number of hydrogen-bond acceptors (Lipinski definition) is 1. The summed E-state index contributed by atoms with van der Waals surface area (Å²) in [7, 11) is 4.31. The van der Waals surface area contributed by atoms with Crippen molar-refractivity contribution in [2.75, 3.05) is 26.4 Å². The zero-order chi connectivity index (χ0) is 11.7. The molecule has 1 saturated heterocycles. The fraction of sp³-hybridized carbons (Fsp3) is 0.538. The average Bonchev–Trinajstić information content (AvgIpc) is 2.31. The Balaban J connectivity index is 2.50. The van der Waals surface area contributed by atoms with Gasteiger partial charge in [0, 0.05) is 0 Å². The number of hydrogen-bond donors (Lipinski definition) is 0. The molecule has 0 atom stereocenters. The van der Waals surface area contributed by atoms with Gasteiger partial charge in [0.15, 0.2) is 0 Å². The second-order valence-corrected chi connectivity index (χ2v) is 12.3. The molecule has 1 aliphatic rings. The van der Waals surface area contributed by atoms with Gasteiger partial charge in [0.05, 0.1) is 0 Å². The molecule has 1 aliphatic heterocycles. The Morgan fingerprint density at radius 3 is 2.06 bits per heavy atom. The fourth-order valence-electron chi connectivity index (χ4n) is 2.81. The molecular formula is C13H21ClNP. The topological polar surface area (TPSA) is 3.24 Å². The van der Waals surface area contributed by atoms with Gasteiger partial charge < -0.3 is 0 Å². The average molecular weight is 258 g/mol. The number of nitrogens with zero attached hydrogens (tertiary/aromatic N) is 1. The van der Waals surface area contributed by atoms with Crippen LogP contribution in [0.25, 0.3) is 0 Å². The van der Waals surface area contributed by atoms with Crippen molar-refractivity contribution >= 4 is 22.7 Å². The minimum absolute atomic E-state index is 1.17. The summed E-state index contributed by atoms with van der Waals surface area (Å²) in [5.41, 5.74) is 0. The predicted octanol–water partition coefficient (Wildman–Crippen LogP) is 3.68. The third-order valence-electron chi connectivity index (χ3n) is 3.98. The second kappa shape index (κ2) is 4.29. The zero-order valence-corrected chi connectivity index (χ0v) is 11.8. The third kappa shape index (κ3) is 1.79. The summed E-state index contributed by atoms with van der Waals surface area (Å²) in [6.07, 6.45) is 3.91. The van der Waals surface area contributed by atoms with Crippen molar-refractivity contribution in [1.29, 1.82) is 0 Å². The summed E-state index contributed by atoms with van der Waals surface area (Å²) in [5, 5.41) is 1.37. The molecule has 0 amide bonds. The van der Waals surface area contributed by atoms with Crippen molar-refractivity contribution in [3.8, 4) is 0 Å². The van der Waals surface area contributed by atoms with Crippen LogP contribution in [0.5, 0.6) is 0 Å². The van der Waals surface area contributed by atoms with Gasteiger partial charge in [0.2, 0.25) is 0 Å². The van der Waals surface area contributed by atoms with Gasteiger partial charge in [0.25, 0.3) is 0 Å². The van der Waals surface area contributed by atoms with Crippen LogP contribution in [-0.4, -0.2) is 31.1 Å². The first kappa shape index (κ1) is 12.4. The van der Waals surface area contributed by atoms with Crippen LogP contribution in [0.3, 0.4) is 0 Å². The molecular weight excluding hydrogens is 237 g/mol. The summed E-state index contributed by atoms with van der Waals surface area (Å²) < 4.78 is 2.33. The summed E-state index contributed by atoms with van der Waals surface area (Å²) in [6.45, 7) is 0. The molecule has 0 saturated carbocycles. The van der Waals surface area contributed by atoms with E-state index in [9.17, 15) is 0 Å². The SMILES string of the molecule is CN(C)P1(Cl)(c2ccccc2)CCCCC1. The van der Waals surface area contributed by atoms with Gasteiger partial charge in [-0.1, -0.05) is 0 Å². The zero-order valence-electron chi connectivity index (χ0n) is 10.2. The number of benzene rings is 1. The molecule has 0 unspecified atom stereocenters. The Morgan fingerprint density at radius 1 is 1.00 bits per heavy atom. The van der Waals surface area contributed by atoms with Crippen molar-refractivity contribution in [2.45, 2.75) is 19.3 Å². The molecule has 90 valence electrons. The molecule has 16 heavy (non-hydrogen) atoms. The Kier molecular flexibility index (Phi) is 3.32. The molecule has 0 aromatic heterocycles. The van der Waals surface area contributed by atoms with Crippen LogP contribution < -0.4 is 5.30 Å². The van der Waals surface area contributed by atoms with Crippen molar-refractivity contribution in [1.82, 2.24) is 4.67 Å². The summed E-state index contributed by atoms with van der Waals surface area (Å²) >= 11 is 7.25. The summed E-state index contributed by atoms with van der Waals surface area (Å²) in [6, 6.07) is 10.7. The molecule has 1 heterocycles. The van der Waals surface area contributed by atoms with E-state index >= 15 is 0 Å². The standard InChI is InChI=1S/C13H21ClNP/c1-15(2)16(14,11-7-4-8-12-16)13-9-5-3-6-10-13/h3,5-6,9-10H,4,7-8,11-12H2,1-2H3. The molecule has 1 nitrogen and oxygen atoms in total. The molecule has 2 rings (SSSR count). The first-order valence-electron chi connectivity index (χ1n) is 6.03. The van der Waals surface area contributed by atoms with Gasteiger partial charge in [-0.2, -0.15) is 0 Å². The van der Waals surface area contributed by atoms with Gasteiger partial charge in [-0.15, -0.1) is 0 Å². The monoisotopic (exact) mass is 257 g/mol. The van der Waals surface area contributed by atoms with Gasteiger partial charge in [-0.05, 0) is 0 Å². The van der Waals surface area contributed by atoms with Crippen LogP contribution in [0.4, 0.5) is 0 Å². The Labute approximate surface area is 104 Å². The van der Waals surface area contributed by atoms with Crippen molar-refractivity contribution in [2.24, 2.45) is 0 Å². The van der Waals surface area contributed by atoms with E-state index in [1.807, 2.05) is 0 Å². The molecule has 0 spiro atoms. The van der Waals surface area contributed by atoms with E-state index in [0.29, 0.717) is 0 Å². The van der Waals surface area contributed by atoms with Crippen LogP contribution in [0, 0.1) is 0 Å². The van der Waals surface area contributed by atoms with Gasteiger partial charge >= 0.3 is 103 Å². The van der Waals surface area contributed by atoms with Crippen LogP contribution in [0.2, 0.25) is 0 Å². The van der Waals surface area contributed by atoms with Crippen molar-refractivity contribution < 1.29 is 0 Å². The van der Waals surface area contributed by atoms with E-state index in [2.05, 4.69) is 49.1 Å². The van der Waals surface area contributed by atoms with Crippen molar-refractivity contribution in [3.63, 3.8) is 0 Å². The Morgan fingerprint density at radius 2 is 1.56 bits per heavy atom. The van der Waals surface area contributed by atoms with E-state index < -0.39 is 6.11 Å². The summed E-state index contributed by atoms with van der Waals surface area (Å²) in [4.78, 5) is 0. The normalized spacial score (nSPS) is 25.9. The Hall–Kier alpha value is -0.100. The van der Waals surface area contributed by atoms with Gasteiger partial charge in [-0.3, -0.25) is 0 Å². The van der Waals surface area contributed by atoms with Gasteiger partial charge in [0.1, 0.15) is 0 Å². The third-order valence-corrected chi connectivity index (χ3v) is 12.2. The predicted molar refractivity (Wildman–Crippen MR) is 76.1 cm³/mol. The Bertz CT molecular complexity index is 357. The first-order valence-corrected chi connectivity index (χ1v) is 9.49. The quantitative estimate of drug-likeness (QED) is 0.731. The summed E-state index contributed by atoms with van der Waals surface area (Å²) in [5.74, 6) is 0.